The van der Waals surface area contributed by atoms with Crippen molar-refractivity contribution in [2.24, 2.45) is 5.92 Å². The van der Waals surface area contributed by atoms with E-state index in [1.54, 1.807) is 30.3 Å². The minimum Gasteiger partial charge on any atom is -0.398 e. The fourth-order valence-corrected chi connectivity index (χ4v) is 3.51. The molecule has 3 aromatic rings. The Hall–Kier alpha value is -2.63. The molecule has 1 atom stereocenters. The molecule has 0 radical (unpaired) electrons. The predicted octanol–water partition coefficient (Wildman–Crippen LogP) is 4.63. The Kier molecular flexibility index (Phi) is 3.45. The molecule has 1 aliphatic carbocycles. The summed E-state index contributed by atoms with van der Waals surface area (Å²) in [4.78, 5) is 8.83. The molecule has 0 fully saturated rings. The third kappa shape index (κ3) is 2.62. The van der Waals surface area contributed by atoms with Crippen molar-refractivity contribution >= 4 is 16.7 Å². The van der Waals surface area contributed by atoms with Crippen molar-refractivity contribution in [1.82, 2.24) is 9.97 Å². The van der Waals surface area contributed by atoms with Crippen LogP contribution in [0.5, 0.6) is 0 Å². The summed E-state index contributed by atoms with van der Waals surface area (Å²) in [6.45, 7) is 2.04. The van der Waals surface area contributed by atoms with Crippen LogP contribution in [-0.2, 0) is 19.0 Å². The largest absolute Gasteiger partial charge is 0.417 e. The van der Waals surface area contributed by atoms with E-state index in [2.05, 4.69) is 9.97 Å². The fraction of sp³-hybridized carbons (Fsp3) is 0.263. The van der Waals surface area contributed by atoms with E-state index in [1.807, 2.05) is 6.92 Å². The molecule has 0 saturated heterocycles. The lowest BCUT2D eigenvalue weighted by atomic mass is 10.0. The van der Waals surface area contributed by atoms with Gasteiger partial charge in [-0.2, -0.15) is 13.2 Å². The van der Waals surface area contributed by atoms with Crippen molar-refractivity contribution < 1.29 is 13.2 Å². The van der Waals surface area contributed by atoms with Gasteiger partial charge in [-0.15, -0.1) is 0 Å². The van der Waals surface area contributed by atoms with Gasteiger partial charge in [0.2, 0.25) is 0 Å². The minimum atomic E-state index is -4.53. The molecule has 6 heteroatoms. The van der Waals surface area contributed by atoms with Crippen molar-refractivity contribution in [3.63, 3.8) is 0 Å². The van der Waals surface area contributed by atoms with E-state index in [1.165, 1.54) is 0 Å². The molecule has 2 aromatic heterocycles. The zero-order valence-corrected chi connectivity index (χ0v) is 13.6. The van der Waals surface area contributed by atoms with E-state index in [-0.39, 0.29) is 22.4 Å². The number of nitrogen functional groups attached to an aromatic ring is 1. The lowest BCUT2D eigenvalue weighted by Crippen LogP contribution is -2.11. The number of pyridine rings is 2. The van der Waals surface area contributed by atoms with Gasteiger partial charge in [-0.1, -0.05) is 37.3 Å². The lowest BCUT2D eigenvalue weighted by Gasteiger charge is -2.16. The molecular formula is C19H16F3N3. The van der Waals surface area contributed by atoms with Crippen LogP contribution in [0.25, 0.3) is 22.3 Å². The van der Waals surface area contributed by atoms with E-state index in [0.29, 0.717) is 24.3 Å². The van der Waals surface area contributed by atoms with Crippen LogP contribution in [0.15, 0.2) is 36.4 Å². The number of aromatic nitrogens is 2. The Bertz CT molecular complexity index is 965. The van der Waals surface area contributed by atoms with E-state index < -0.39 is 11.7 Å². The summed E-state index contributed by atoms with van der Waals surface area (Å²) in [5, 5.41) is -0.0833. The van der Waals surface area contributed by atoms with Crippen LogP contribution in [0, 0.1) is 5.92 Å². The molecular weight excluding hydrogens is 327 g/mol. The number of hydrogen-bond donors (Lipinski definition) is 1. The van der Waals surface area contributed by atoms with Crippen LogP contribution in [0.4, 0.5) is 18.9 Å². The van der Waals surface area contributed by atoms with Gasteiger partial charge in [-0.05, 0) is 30.4 Å². The topological polar surface area (TPSA) is 51.8 Å². The Balaban J connectivity index is 2.06. The molecule has 0 aliphatic heterocycles. The Morgan fingerprint density at radius 2 is 1.80 bits per heavy atom. The molecule has 4 rings (SSSR count). The third-order valence-electron chi connectivity index (χ3n) is 4.65. The Morgan fingerprint density at radius 1 is 1.08 bits per heavy atom. The molecule has 0 spiro atoms. The number of benzene rings is 1. The molecule has 0 amide bonds. The molecule has 1 aliphatic rings. The second-order valence-electron chi connectivity index (χ2n) is 6.58. The van der Waals surface area contributed by atoms with E-state index in [0.717, 1.165) is 17.3 Å². The second kappa shape index (κ2) is 5.44. The SMILES string of the molecule is CC1Cc2nc3nc(-c4ccccc4)cc(C(F)(F)F)c3c(N)c2C1. The number of alkyl halides is 3. The predicted molar refractivity (Wildman–Crippen MR) is 91.0 cm³/mol. The van der Waals surface area contributed by atoms with Gasteiger partial charge >= 0.3 is 6.18 Å². The number of halogens is 3. The highest BCUT2D eigenvalue weighted by Crippen LogP contribution is 2.42. The zero-order chi connectivity index (χ0) is 17.8. The highest BCUT2D eigenvalue weighted by atomic mass is 19.4. The summed E-state index contributed by atoms with van der Waals surface area (Å²) in [5.41, 5.74) is 7.97. The van der Waals surface area contributed by atoms with E-state index in [4.69, 9.17) is 5.73 Å². The van der Waals surface area contributed by atoms with Crippen molar-refractivity contribution in [3.05, 3.63) is 53.2 Å². The summed E-state index contributed by atoms with van der Waals surface area (Å²) in [6.07, 6.45) is -3.16. The summed E-state index contributed by atoms with van der Waals surface area (Å²) in [5.74, 6) is 0.324. The summed E-state index contributed by atoms with van der Waals surface area (Å²) in [6, 6.07) is 9.86. The Morgan fingerprint density at radius 3 is 2.48 bits per heavy atom. The number of nitrogens with two attached hydrogens (primary N) is 1. The second-order valence-corrected chi connectivity index (χ2v) is 6.58. The van der Waals surface area contributed by atoms with Crippen molar-refractivity contribution in [2.75, 3.05) is 5.73 Å². The third-order valence-corrected chi connectivity index (χ3v) is 4.65. The van der Waals surface area contributed by atoms with E-state index in [9.17, 15) is 13.2 Å². The van der Waals surface area contributed by atoms with Crippen LogP contribution < -0.4 is 5.73 Å². The van der Waals surface area contributed by atoms with Crippen LogP contribution in [0.3, 0.4) is 0 Å². The monoisotopic (exact) mass is 343 g/mol. The first-order valence-electron chi connectivity index (χ1n) is 8.09. The van der Waals surface area contributed by atoms with Gasteiger partial charge in [-0.3, -0.25) is 0 Å². The van der Waals surface area contributed by atoms with Gasteiger partial charge in [0.05, 0.1) is 16.6 Å². The van der Waals surface area contributed by atoms with Crippen molar-refractivity contribution in [2.45, 2.75) is 25.9 Å². The normalized spacial score (nSPS) is 17.0. The molecule has 2 heterocycles. The summed E-state index contributed by atoms with van der Waals surface area (Å²) >= 11 is 0. The first-order chi connectivity index (χ1) is 11.8. The number of nitrogens with zero attached hydrogens (tertiary/aromatic N) is 2. The zero-order valence-electron chi connectivity index (χ0n) is 13.6. The quantitative estimate of drug-likeness (QED) is 0.701. The van der Waals surface area contributed by atoms with E-state index >= 15 is 0 Å². The highest BCUT2D eigenvalue weighted by molar-refractivity contribution is 5.95. The van der Waals surface area contributed by atoms with Gasteiger partial charge in [0, 0.05) is 16.9 Å². The standard InChI is InChI=1S/C19H16F3N3/c1-10-7-12-15(8-10)25-18-16(17(12)23)13(19(20,21)22)9-14(24-18)11-5-3-2-4-6-11/h2-6,9-10H,7-8H2,1H3,(H2,23,24,25). The first kappa shape index (κ1) is 15.9. The average Bonchev–Trinajstić information content (AvgIpc) is 2.94. The van der Waals surface area contributed by atoms with Gasteiger partial charge in [0.1, 0.15) is 0 Å². The van der Waals surface area contributed by atoms with Gasteiger partial charge < -0.3 is 5.73 Å². The Labute approximate surface area is 142 Å². The smallest absolute Gasteiger partial charge is 0.398 e. The molecule has 2 N–H and O–H groups in total. The van der Waals surface area contributed by atoms with Gasteiger partial charge in [0.15, 0.2) is 5.65 Å². The average molecular weight is 343 g/mol. The van der Waals surface area contributed by atoms with Crippen LogP contribution in [0.1, 0.15) is 23.7 Å². The lowest BCUT2D eigenvalue weighted by molar-refractivity contribution is -0.136. The number of hydrogen-bond acceptors (Lipinski definition) is 3. The highest BCUT2D eigenvalue weighted by Gasteiger charge is 2.36. The molecule has 1 aromatic carbocycles. The van der Waals surface area contributed by atoms with Crippen LogP contribution in [-0.4, -0.2) is 9.97 Å². The van der Waals surface area contributed by atoms with Crippen LogP contribution in [0.2, 0.25) is 0 Å². The van der Waals surface area contributed by atoms with Gasteiger partial charge in [0.25, 0.3) is 0 Å². The van der Waals surface area contributed by atoms with Gasteiger partial charge in [-0.25, -0.2) is 9.97 Å². The molecule has 0 bridgehead atoms. The number of anilines is 1. The number of rotatable bonds is 1. The molecule has 128 valence electrons. The van der Waals surface area contributed by atoms with Crippen LogP contribution >= 0.6 is 0 Å². The first-order valence-corrected chi connectivity index (χ1v) is 8.09. The van der Waals surface area contributed by atoms with Crippen molar-refractivity contribution in [3.8, 4) is 11.3 Å². The maximum atomic E-state index is 13.7. The fourth-order valence-electron chi connectivity index (χ4n) is 3.51. The molecule has 1 unspecified atom stereocenters. The maximum absolute atomic E-state index is 13.7. The molecule has 0 saturated carbocycles. The maximum Gasteiger partial charge on any atom is 0.417 e. The summed E-state index contributed by atoms with van der Waals surface area (Å²) in [7, 11) is 0. The van der Waals surface area contributed by atoms with Crippen molar-refractivity contribution in [1.29, 1.82) is 0 Å². The minimum absolute atomic E-state index is 0.0685. The number of fused-ring (bicyclic) bond motifs is 2. The summed E-state index contributed by atoms with van der Waals surface area (Å²) < 4.78 is 41.1. The molecule has 25 heavy (non-hydrogen) atoms. The molecule has 3 nitrogen and oxygen atoms in total.